The first-order valence-electron chi connectivity index (χ1n) is 10.4. The lowest BCUT2D eigenvalue weighted by molar-refractivity contribution is -0.00539. The van der Waals surface area contributed by atoms with Gasteiger partial charge in [0.25, 0.3) is 0 Å². The van der Waals surface area contributed by atoms with Crippen molar-refractivity contribution in [1.29, 1.82) is 0 Å². The first-order chi connectivity index (χ1) is 14.7. The predicted octanol–water partition coefficient (Wildman–Crippen LogP) is 4.22. The molecule has 0 aliphatic carbocycles. The quantitative estimate of drug-likeness (QED) is 0.761. The summed E-state index contributed by atoms with van der Waals surface area (Å²) in [4.78, 5) is 14.6. The van der Waals surface area contributed by atoms with Crippen molar-refractivity contribution < 1.29 is 23.4 Å². The number of amides is 2. The monoisotopic (exact) mass is 429 g/mol. The molecule has 0 saturated carbocycles. The van der Waals surface area contributed by atoms with Gasteiger partial charge >= 0.3 is 6.03 Å². The highest BCUT2D eigenvalue weighted by atomic mass is 19.1. The molecule has 2 heterocycles. The Kier molecular flexibility index (Phi) is 5.66. The van der Waals surface area contributed by atoms with Gasteiger partial charge in [-0.1, -0.05) is 6.07 Å². The summed E-state index contributed by atoms with van der Waals surface area (Å²) >= 11 is 0. The number of hydrogen-bond acceptors (Lipinski definition) is 5. The molecule has 0 bridgehead atoms. The Morgan fingerprint density at radius 1 is 1.06 bits per heavy atom. The molecular weight excluding hydrogens is 401 g/mol. The van der Waals surface area contributed by atoms with Crippen molar-refractivity contribution in [3.05, 3.63) is 47.8 Å². The summed E-state index contributed by atoms with van der Waals surface area (Å²) in [5.74, 6) is 0.954. The second-order valence-electron chi connectivity index (χ2n) is 8.60. The van der Waals surface area contributed by atoms with Gasteiger partial charge in [-0.15, -0.1) is 0 Å². The molecule has 8 heteroatoms. The van der Waals surface area contributed by atoms with Crippen LogP contribution in [0, 0.1) is 5.82 Å². The molecule has 2 amide bonds. The third-order valence-electron chi connectivity index (χ3n) is 5.49. The van der Waals surface area contributed by atoms with Gasteiger partial charge < -0.3 is 29.7 Å². The van der Waals surface area contributed by atoms with Gasteiger partial charge in [0.2, 0.25) is 6.79 Å². The van der Waals surface area contributed by atoms with Crippen LogP contribution in [0.15, 0.2) is 36.4 Å². The Bertz CT molecular complexity index is 971. The summed E-state index contributed by atoms with van der Waals surface area (Å²) in [6.45, 7) is 9.15. The van der Waals surface area contributed by atoms with E-state index in [0.29, 0.717) is 36.0 Å². The van der Waals surface area contributed by atoms with Gasteiger partial charge in [0, 0.05) is 18.8 Å². The number of ether oxygens (including phenoxy) is 3. The number of morpholine rings is 1. The number of nitrogens with one attached hydrogen (secondary N) is 2. The van der Waals surface area contributed by atoms with Gasteiger partial charge in [-0.25, -0.2) is 9.18 Å². The number of carbonyl (C=O) groups is 1. The Balaban J connectivity index is 1.42. The number of rotatable bonds is 4. The molecule has 0 spiro atoms. The number of anilines is 2. The number of urea groups is 1. The fraction of sp³-hybridized carbons (Fsp3) is 0.435. The summed E-state index contributed by atoms with van der Waals surface area (Å²) in [5, 5.41) is 5.64. The number of nitrogens with zero attached hydrogens (tertiary/aromatic N) is 1. The summed E-state index contributed by atoms with van der Waals surface area (Å²) < 4.78 is 31.3. The zero-order valence-electron chi connectivity index (χ0n) is 18.2. The molecule has 2 aliphatic heterocycles. The molecule has 2 atom stereocenters. The van der Waals surface area contributed by atoms with E-state index in [0.717, 1.165) is 5.56 Å². The summed E-state index contributed by atoms with van der Waals surface area (Å²) in [6, 6.07) is 9.86. The minimum Gasteiger partial charge on any atom is -0.454 e. The zero-order chi connectivity index (χ0) is 22.2. The van der Waals surface area contributed by atoms with E-state index in [1.165, 1.54) is 6.07 Å². The van der Waals surface area contributed by atoms with Gasteiger partial charge in [-0.3, -0.25) is 0 Å². The number of fused-ring (bicyclic) bond motifs is 1. The van der Waals surface area contributed by atoms with Crippen molar-refractivity contribution in [2.45, 2.75) is 45.4 Å². The first-order valence-corrected chi connectivity index (χ1v) is 10.4. The van der Waals surface area contributed by atoms with E-state index in [1.807, 2.05) is 50.8 Å². The van der Waals surface area contributed by atoms with E-state index >= 15 is 0 Å². The maximum absolute atomic E-state index is 14.8. The number of benzene rings is 2. The molecule has 2 aromatic rings. The van der Waals surface area contributed by atoms with Crippen LogP contribution in [0.4, 0.5) is 20.6 Å². The SMILES string of the molecule is C[C@@H]1CN(c2ccc(NC(=O)NC(C)(C)c3ccc4c(c3)OCO4)cc2F)C[C@H](C)O1. The maximum atomic E-state index is 14.8. The maximum Gasteiger partial charge on any atom is 0.319 e. The fourth-order valence-corrected chi connectivity index (χ4v) is 4.02. The van der Waals surface area contributed by atoms with Crippen LogP contribution in [0.1, 0.15) is 33.3 Å². The average molecular weight is 429 g/mol. The van der Waals surface area contributed by atoms with Crippen LogP contribution in [-0.2, 0) is 10.3 Å². The van der Waals surface area contributed by atoms with Crippen LogP contribution in [-0.4, -0.2) is 38.1 Å². The summed E-state index contributed by atoms with van der Waals surface area (Å²) in [6.07, 6.45) is 0.0651. The molecule has 4 rings (SSSR count). The number of carbonyl (C=O) groups excluding carboxylic acids is 1. The molecule has 2 aromatic carbocycles. The van der Waals surface area contributed by atoms with E-state index in [4.69, 9.17) is 14.2 Å². The Morgan fingerprint density at radius 3 is 2.48 bits per heavy atom. The van der Waals surface area contributed by atoms with Crippen molar-refractivity contribution in [2.75, 3.05) is 30.1 Å². The van der Waals surface area contributed by atoms with Crippen LogP contribution in [0.3, 0.4) is 0 Å². The van der Waals surface area contributed by atoms with Crippen molar-refractivity contribution in [3.8, 4) is 11.5 Å². The van der Waals surface area contributed by atoms with E-state index in [9.17, 15) is 9.18 Å². The third-order valence-corrected chi connectivity index (χ3v) is 5.49. The van der Waals surface area contributed by atoms with Gasteiger partial charge in [-0.2, -0.15) is 0 Å². The van der Waals surface area contributed by atoms with Crippen molar-refractivity contribution in [3.63, 3.8) is 0 Å². The molecule has 31 heavy (non-hydrogen) atoms. The fourth-order valence-electron chi connectivity index (χ4n) is 4.02. The van der Waals surface area contributed by atoms with E-state index in [2.05, 4.69) is 10.6 Å². The molecule has 166 valence electrons. The van der Waals surface area contributed by atoms with Gasteiger partial charge in [0.05, 0.1) is 23.4 Å². The molecule has 2 N–H and O–H groups in total. The smallest absolute Gasteiger partial charge is 0.319 e. The molecule has 7 nitrogen and oxygen atoms in total. The minimum absolute atomic E-state index is 0.0325. The molecule has 2 aliphatic rings. The molecule has 0 unspecified atom stereocenters. The summed E-state index contributed by atoms with van der Waals surface area (Å²) in [7, 11) is 0. The average Bonchev–Trinajstić information content (AvgIpc) is 3.14. The Hall–Kier alpha value is -3.00. The van der Waals surface area contributed by atoms with Crippen LogP contribution < -0.4 is 25.0 Å². The molecular formula is C23H28FN3O4. The van der Waals surface area contributed by atoms with Gasteiger partial charge in [0.15, 0.2) is 11.5 Å². The van der Waals surface area contributed by atoms with Crippen molar-refractivity contribution >= 4 is 17.4 Å². The van der Waals surface area contributed by atoms with Gasteiger partial charge in [-0.05, 0) is 63.6 Å². The summed E-state index contributed by atoms with van der Waals surface area (Å²) in [5.41, 5.74) is 1.08. The Morgan fingerprint density at radius 2 is 1.77 bits per heavy atom. The molecule has 0 aromatic heterocycles. The highest BCUT2D eigenvalue weighted by molar-refractivity contribution is 5.90. The highest BCUT2D eigenvalue weighted by Crippen LogP contribution is 2.35. The zero-order valence-corrected chi connectivity index (χ0v) is 18.2. The second-order valence-corrected chi connectivity index (χ2v) is 8.60. The van der Waals surface area contributed by atoms with Gasteiger partial charge in [0.1, 0.15) is 5.82 Å². The van der Waals surface area contributed by atoms with E-state index < -0.39 is 11.6 Å². The lowest BCUT2D eigenvalue weighted by atomic mass is 9.94. The number of halogens is 1. The number of hydrogen-bond donors (Lipinski definition) is 2. The van der Waals surface area contributed by atoms with Crippen LogP contribution in [0.25, 0.3) is 0 Å². The Labute approximate surface area is 181 Å². The first kappa shape index (κ1) is 21.2. The second kappa shape index (κ2) is 8.26. The van der Waals surface area contributed by atoms with E-state index in [-0.39, 0.29) is 24.8 Å². The minimum atomic E-state index is -0.677. The lowest BCUT2D eigenvalue weighted by Crippen LogP contribution is -2.45. The molecule has 0 radical (unpaired) electrons. The predicted molar refractivity (Wildman–Crippen MR) is 116 cm³/mol. The molecule has 1 fully saturated rings. The normalized spacial score (nSPS) is 20.5. The highest BCUT2D eigenvalue weighted by Gasteiger charge is 2.27. The lowest BCUT2D eigenvalue weighted by Gasteiger charge is -2.37. The molecule has 1 saturated heterocycles. The third kappa shape index (κ3) is 4.69. The largest absolute Gasteiger partial charge is 0.454 e. The van der Waals surface area contributed by atoms with Crippen LogP contribution >= 0.6 is 0 Å². The van der Waals surface area contributed by atoms with Crippen LogP contribution in [0.5, 0.6) is 11.5 Å². The topological polar surface area (TPSA) is 72.1 Å². The van der Waals surface area contributed by atoms with Crippen molar-refractivity contribution in [1.82, 2.24) is 5.32 Å². The van der Waals surface area contributed by atoms with Crippen LogP contribution in [0.2, 0.25) is 0 Å². The van der Waals surface area contributed by atoms with Crippen molar-refractivity contribution in [2.24, 2.45) is 0 Å². The van der Waals surface area contributed by atoms with E-state index in [1.54, 1.807) is 12.1 Å². The standard InChI is InChI=1S/C23H28FN3O4/c1-14-11-27(12-15(2)31-14)19-7-6-17(10-18(19)24)25-22(28)26-23(3,4)16-5-8-20-21(9-16)30-13-29-20/h5-10,14-15H,11-13H2,1-4H3,(H2,25,26,28)/t14-,15+.